The van der Waals surface area contributed by atoms with Gasteiger partial charge in [-0.1, -0.05) is 0 Å². The molecule has 1 N–H and O–H groups in total. The molecule has 0 bridgehead atoms. The van der Waals surface area contributed by atoms with Crippen molar-refractivity contribution in [1.82, 2.24) is 4.98 Å². The van der Waals surface area contributed by atoms with Crippen molar-refractivity contribution in [2.24, 2.45) is 0 Å². The van der Waals surface area contributed by atoms with Crippen molar-refractivity contribution >= 4 is 11.5 Å². The average Bonchev–Trinajstić information content (AvgIpc) is 3.10. The summed E-state index contributed by atoms with van der Waals surface area (Å²) in [6.45, 7) is 1.17. The fourth-order valence-electron chi connectivity index (χ4n) is 2.33. The van der Waals surface area contributed by atoms with Gasteiger partial charge in [-0.3, -0.25) is 0 Å². The van der Waals surface area contributed by atoms with E-state index >= 15 is 0 Å². The third kappa shape index (κ3) is 2.48. The summed E-state index contributed by atoms with van der Waals surface area (Å²) in [4.78, 5) is 4.40. The van der Waals surface area contributed by atoms with E-state index in [0.29, 0.717) is 13.2 Å². The molecule has 110 valence electrons. The van der Waals surface area contributed by atoms with E-state index < -0.39 is 0 Å². The molecule has 0 amide bonds. The summed E-state index contributed by atoms with van der Waals surface area (Å²) >= 11 is 0. The molecule has 0 radical (unpaired) electrons. The molecule has 4 rings (SSSR count). The minimum atomic E-state index is 0.576. The number of anilines is 2. The highest BCUT2D eigenvalue weighted by molar-refractivity contribution is 5.64. The number of aromatic nitrogens is 1. The molecule has 0 saturated heterocycles. The Labute approximate surface area is 127 Å². The van der Waals surface area contributed by atoms with Crippen LogP contribution >= 0.6 is 0 Å². The van der Waals surface area contributed by atoms with Gasteiger partial charge in [0.25, 0.3) is 0 Å². The zero-order valence-corrected chi connectivity index (χ0v) is 11.8. The molecule has 5 heteroatoms. The zero-order chi connectivity index (χ0) is 14.8. The first-order valence-electron chi connectivity index (χ1n) is 7.05. The Hall–Kier alpha value is -2.95. The molecule has 0 saturated carbocycles. The predicted molar refractivity (Wildman–Crippen MR) is 82.7 cm³/mol. The van der Waals surface area contributed by atoms with Crippen LogP contribution in [0, 0.1) is 0 Å². The molecule has 2 aromatic heterocycles. The predicted octanol–water partition coefficient (Wildman–Crippen LogP) is 3.86. The second kappa shape index (κ2) is 5.44. The fourth-order valence-corrected chi connectivity index (χ4v) is 2.33. The van der Waals surface area contributed by atoms with E-state index in [0.717, 1.165) is 34.3 Å². The maximum atomic E-state index is 5.57. The fraction of sp³-hybridized carbons (Fsp3) is 0.118. The van der Waals surface area contributed by atoms with Gasteiger partial charge in [0, 0.05) is 23.5 Å². The van der Waals surface area contributed by atoms with Crippen LogP contribution in [0.25, 0.3) is 11.3 Å². The number of hydrogen-bond acceptors (Lipinski definition) is 5. The normalized spacial score (nSPS) is 12.9. The van der Waals surface area contributed by atoms with Crippen molar-refractivity contribution in [3.8, 4) is 22.8 Å². The van der Waals surface area contributed by atoms with Gasteiger partial charge in [0.2, 0.25) is 0 Å². The molecular weight excluding hydrogens is 280 g/mol. The van der Waals surface area contributed by atoms with Crippen LogP contribution in [0.15, 0.2) is 59.3 Å². The van der Waals surface area contributed by atoms with Crippen molar-refractivity contribution in [2.75, 3.05) is 18.5 Å². The van der Waals surface area contributed by atoms with Gasteiger partial charge in [-0.25, -0.2) is 4.98 Å². The summed E-state index contributed by atoms with van der Waals surface area (Å²) in [5.41, 5.74) is 1.85. The van der Waals surface area contributed by atoms with Crippen LogP contribution in [0.5, 0.6) is 11.5 Å². The second-order valence-electron chi connectivity index (χ2n) is 4.89. The van der Waals surface area contributed by atoms with Crippen molar-refractivity contribution in [2.45, 2.75) is 0 Å². The summed E-state index contributed by atoms with van der Waals surface area (Å²) in [5, 5.41) is 3.25. The number of ether oxygens (including phenoxy) is 2. The smallest absolute Gasteiger partial charge is 0.163 e. The number of furan rings is 1. The van der Waals surface area contributed by atoms with Crippen molar-refractivity contribution in [3.63, 3.8) is 0 Å². The Morgan fingerprint density at radius 2 is 1.86 bits per heavy atom. The maximum Gasteiger partial charge on any atom is 0.163 e. The Kier molecular flexibility index (Phi) is 3.16. The van der Waals surface area contributed by atoms with Gasteiger partial charge in [0.15, 0.2) is 11.5 Å². The van der Waals surface area contributed by atoms with E-state index in [9.17, 15) is 0 Å². The van der Waals surface area contributed by atoms with Crippen LogP contribution in [0.3, 0.4) is 0 Å². The number of nitrogens with zero attached hydrogens (tertiary/aromatic N) is 1. The molecule has 1 aliphatic rings. The number of pyridine rings is 1. The van der Waals surface area contributed by atoms with Gasteiger partial charge in [-0.2, -0.15) is 0 Å². The lowest BCUT2D eigenvalue weighted by molar-refractivity contribution is 0.171. The molecule has 0 unspecified atom stereocenters. The van der Waals surface area contributed by atoms with E-state index in [-0.39, 0.29) is 0 Å². The van der Waals surface area contributed by atoms with Crippen LogP contribution < -0.4 is 14.8 Å². The van der Waals surface area contributed by atoms with E-state index in [4.69, 9.17) is 13.9 Å². The summed E-state index contributed by atoms with van der Waals surface area (Å²) in [5.74, 6) is 3.09. The van der Waals surface area contributed by atoms with Crippen LogP contribution in [0.4, 0.5) is 11.5 Å². The number of hydrogen-bond donors (Lipinski definition) is 1. The van der Waals surface area contributed by atoms with Crippen molar-refractivity contribution in [1.29, 1.82) is 0 Å². The number of benzene rings is 1. The quantitative estimate of drug-likeness (QED) is 0.795. The van der Waals surface area contributed by atoms with Gasteiger partial charge in [0.1, 0.15) is 24.8 Å². The van der Waals surface area contributed by atoms with Crippen molar-refractivity contribution in [3.05, 3.63) is 54.9 Å². The molecule has 0 spiro atoms. The number of fused-ring (bicyclic) bond motifs is 1. The highest BCUT2D eigenvalue weighted by Gasteiger charge is 2.11. The monoisotopic (exact) mass is 294 g/mol. The topological polar surface area (TPSA) is 56.5 Å². The Bertz CT molecular complexity index is 767. The minimum Gasteiger partial charge on any atom is -0.486 e. The van der Waals surface area contributed by atoms with E-state index in [1.54, 1.807) is 12.5 Å². The van der Waals surface area contributed by atoms with Crippen LogP contribution in [-0.4, -0.2) is 18.2 Å². The lowest BCUT2D eigenvalue weighted by Crippen LogP contribution is -2.15. The van der Waals surface area contributed by atoms with Gasteiger partial charge in [-0.15, -0.1) is 0 Å². The highest BCUT2D eigenvalue weighted by atomic mass is 16.6. The Balaban J connectivity index is 1.53. The molecule has 0 aliphatic carbocycles. The maximum absolute atomic E-state index is 5.57. The van der Waals surface area contributed by atoms with E-state index in [2.05, 4.69) is 10.3 Å². The Morgan fingerprint density at radius 1 is 0.955 bits per heavy atom. The molecule has 1 aromatic carbocycles. The van der Waals surface area contributed by atoms with Crippen LogP contribution in [-0.2, 0) is 0 Å². The Morgan fingerprint density at radius 3 is 2.64 bits per heavy atom. The largest absolute Gasteiger partial charge is 0.486 e. The zero-order valence-electron chi connectivity index (χ0n) is 11.8. The average molecular weight is 294 g/mol. The molecule has 3 heterocycles. The summed E-state index contributed by atoms with van der Waals surface area (Å²) < 4.78 is 16.4. The minimum absolute atomic E-state index is 0.576. The van der Waals surface area contributed by atoms with Gasteiger partial charge in [0.05, 0.1) is 6.26 Å². The van der Waals surface area contributed by atoms with Crippen molar-refractivity contribution < 1.29 is 13.9 Å². The first kappa shape index (κ1) is 12.8. The van der Waals surface area contributed by atoms with Crippen LogP contribution in [0.1, 0.15) is 0 Å². The molecule has 22 heavy (non-hydrogen) atoms. The summed E-state index contributed by atoms with van der Waals surface area (Å²) in [6, 6.07) is 13.4. The molecule has 3 aromatic rings. The number of nitrogens with one attached hydrogen (secondary N) is 1. The standard InChI is InChI=1S/C17H14N2O3/c1-2-14(20-7-1)12-3-6-17(18-11-12)19-13-4-5-15-16(10-13)22-9-8-21-15/h1-7,10-11H,8-9H2,(H,18,19). The van der Waals surface area contributed by atoms with E-state index in [1.165, 1.54) is 0 Å². The first-order valence-corrected chi connectivity index (χ1v) is 7.05. The molecule has 0 fully saturated rings. The summed E-state index contributed by atoms with van der Waals surface area (Å²) in [6.07, 6.45) is 3.43. The molecule has 1 aliphatic heterocycles. The lowest BCUT2D eigenvalue weighted by Gasteiger charge is -2.19. The third-order valence-electron chi connectivity index (χ3n) is 3.38. The van der Waals surface area contributed by atoms with Gasteiger partial charge >= 0.3 is 0 Å². The lowest BCUT2D eigenvalue weighted by atomic mass is 10.2. The summed E-state index contributed by atoms with van der Waals surface area (Å²) in [7, 11) is 0. The van der Waals surface area contributed by atoms with Gasteiger partial charge < -0.3 is 19.2 Å². The van der Waals surface area contributed by atoms with Crippen LogP contribution in [0.2, 0.25) is 0 Å². The SMILES string of the molecule is c1coc(-c2ccc(Nc3ccc4c(c3)OCCO4)nc2)c1. The number of rotatable bonds is 3. The molecular formula is C17H14N2O3. The molecule has 0 atom stereocenters. The third-order valence-corrected chi connectivity index (χ3v) is 3.38. The first-order chi connectivity index (χ1) is 10.9. The molecule has 5 nitrogen and oxygen atoms in total. The van der Waals surface area contributed by atoms with E-state index in [1.807, 2.05) is 42.5 Å². The van der Waals surface area contributed by atoms with Gasteiger partial charge in [-0.05, 0) is 36.4 Å². The highest BCUT2D eigenvalue weighted by Crippen LogP contribution is 2.33. The second-order valence-corrected chi connectivity index (χ2v) is 4.89.